The van der Waals surface area contributed by atoms with Crippen molar-refractivity contribution >= 4 is 11.5 Å². The molecule has 2 aliphatic heterocycles. The molecule has 2 aliphatic rings. The zero-order valence-corrected chi connectivity index (χ0v) is 13.8. The van der Waals surface area contributed by atoms with E-state index in [1.165, 1.54) is 58.2 Å². The van der Waals surface area contributed by atoms with E-state index in [-0.39, 0.29) is 0 Å². The number of aromatic nitrogens is 4. The molecule has 0 bridgehead atoms. The Kier molecular flexibility index (Phi) is 4.41. The average Bonchev–Trinajstić information content (AvgIpc) is 2.92. The molecule has 0 saturated carbocycles. The summed E-state index contributed by atoms with van der Waals surface area (Å²) in [6.45, 7) is 5.99. The van der Waals surface area contributed by atoms with Gasteiger partial charge in [0.1, 0.15) is 6.33 Å². The van der Waals surface area contributed by atoms with Gasteiger partial charge in [0, 0.05) is 32.0 Å². The average molecular weight is 314 g/mol. The molecule has 0 spiro atoms. The molecule has 2 saturated heterocycles. The van der Waals surface area contributed by atoms with Gasteiger partial charge in [-0.1, -0.05) is 12.8 Å². The van der Waals surface area contributed by atoms with E-state index in [1.54, 1.807) is 6.33 Å². The van der Waals surface area contributed by atoms with Gasteiger partial charge in [0.05, 0.1) is 0 Å². The molecule has 1 atom stereocenters. The SMILES string of the molecule is c1cn2cnnc2c(N2CCC[C@@H](CN3CCCCCC3)C2)n1. The van der Waals surface area contributed by atoms with Crippen LogP contribution in [0.15, 0.2) is 18.7 Å². The highest BCUT2D eigenvalue weighted by atomic mass is 15.3. The molecule has 2 fully saturated rings. The Bertz CT molecular complexity index is 631. The number of hydrogen-bond acceptors (Lipinski definition) is 5. The highest BCUT2D eigenvalue weighted by molar-refractivity contribution is 5.63. The zero-order chi connectivity index (χ0) is 15.5. The minimum Gasteiger partial charge on any atom is -0.353 e. The first-order valence-corrected chi connectivity index (χ1v) is 9.02. The Balaban J connectivity index is 1.45. The predicted molar refractivity (Wildman–Crippen MR) is 90.6 cm³/mol. The van der Waals surface area contributed by atoms with Crippen molar-refractivity contribution in [2.24, 2.45) is 5.92 Å². The highest BCUT2D eigenvalue weighted by Gasteiger charge is 2.25. The van der Waals surface area contributed by atoms with Gasteiger partial charge < -0.3 is 9.80 Å². The largest absolute Gasteiger partial charge is 0.353 e. The standard InChI is InChI=1S/C17H26N6/c1-2-4-9-21(8-3-1)12-15-6-5-10-22(13-15)16-17-20-19-14-23(17)11-7-18-16/h7,11,14-15H,1-6,8-10,12-13H2/t15-/m0/s1. The smallest absolute Gasteiger partial charge is 0.203 e. The summed E-state index contributed by atoms with van der Waals surface area (Å²) in [5.41, 5.74) is 0.878. The predicted octanol–water partition coefficient (Wildman–Crippen LogP) is 2.22. The van der Waals surface area contributed by atoms with Crippen molar-refractivity contribution in [3.63, 3.8) is 0 Å². The number of likely N-dealkylation sites (tertiary alicyclic amines) is 1. The van der Waals surface area contributed by atoms with Crippen molar-refractivity contribution in [3.05, 3.63) is 18.7 Å². The lowest BCUT2D eigenvalue weighted by Gasteiger charge is -2.36. The van der Waals surface area contributed by atoms with Crippen LogP contribution < -0.4 is 4.90 Å². The van der Waals surface area contributed by atoms with Gasteiger partial charge in [-0.25, -0.2) is 4.98 Å². The maximum absolute atomic E-state index is 4.59. The molecular formula is C17H26N6. The third-order valence-electron chi connectivity index (χ3n) is 5.23. The molecule has 6 heteroatoms. The second-order valence-electron chi connectivity index (χ2n) is 6.98. The molecule has 6 nitrogen and oxygen atoms in total. The van der Waals surface area contributed by atoms with Crippen LogP contribution in [0.4, 0.5) is 5.82 Å². The van der Waals surface area contributed by atoms with E-state index < -0.39 is 0 Å². The zero-order valence-electron chi connectivity index (χ0n) is 13.8. The summed E-state index contributed by atoms with van der Waals surface area (Å²) in [4.78, 5) is 9.69. The Labute approximate surface area is 137 Å². The first kappa shape index (κ1) is 14.9. The van der Waals surface area contributed by atoms with Gasteiger partial charge in [0.15, 0.2) is 5.82 Å². The van der Waals surface area contributed by atoms with Gasteiger partial charge in [0.25, 0.3) is 0 Å². The van der Waals surface area contributed by atoms with Gasteiger partial charge in [-0.05, 0) is 44.7 Å². The lowest BCUT2D eigenvalue weighted by molar-refractivity contribution is 0.222. The van der Waals surface area contributed by atoms with Crippen molar-refractivity contribution in [2.75, 3.05) is 37.6 Å². The van der Waals surface area contributed by atoms with Crippen LogP contribution in [0.1, 0.15) is 38.5 Å². The van der Waals surface area contributed by atoms with Crippen LogP contribution in [0, 0.1) is 5.92 Å². The lowest BCUT2D eigenvalue weighted by atomic mass is 9.97. The lowest BCUT2D eigenvalue weighted by Crippen LogP contribution is -2.41. The van der Waals surface area contributed by atoms with E-state index in [2.05, 4.69) is 25.0 Å². The monoisotopic (exact) mass is 314 g/mol. The van der Waals surface area contributed by atoms with Gasteiger partial charge >= 0.3 is 0 Å². The van der Waals surface area contributed by atoms with Crippen molar-refractivity contribution < 1.29 is 0 Å². The first-order valence-electron chi connectivity index (χ1n) is 9.02. The minimum absolute atomic E-state index is 0.742. The Hall–Kier alpha value is -1.69. The maximum atomic E-state index is 4.59. The molecule has 0 radical (unpaired) electrons. The van der Waals surface area contributed by atoms with E-state index in [0.717, 1.165) is 30.5 Å². The van der Waals surface area contributed by atoms with E-state index in [9.17, 15) is 0 Å². The molecule has 0 aromatic carbocycles. The summed E-state index contributed by atoms with van der Waals surface area (Å²) in [5, 5.41) is 8.26. The van der Waals surface area contributed by atoms with Crippen LogP contribution in [0.5, 0.6) is 0 Å². The van der Waals surface area contributed by atoms with Crippen molar-refractivity contribution in [3.8, 4) is 0 Å². The second kappa shape index (κ2) is 6.83. The number of nitrogens with zero attached hydrogens (tertiary/aromatic N) is 6. The number of fused-ring (bicyclic) bond motifs is 1. The Morgan fingerprint density at radius 2 is 1.91 bits per heavy atom. The summed E-state index contributed by atoms with van der Waals surface area (Å²) in [6.07, 6.45) is 13.7. The van der Waals surface area contributed by atoms with Crippen molar-refractivity contribution in [2.45, 2.75) is 38.5 Å². The fourth-order valence-electron chi connectivity index (χ4n) is 4.06. The van der Waals surface area contributed by atoms with E-state index in [1.807, 2.05) is 16.8 Å². The summed E-state index contributed by atoms with van der Waals surface area (Å²) in [5.74, 6) is 1.73. The summed E-state index contributed by atoms with van der Waals surface area (Å²) in [6, 6.07) is 0. The van der Waals surface area contributed by atoms with E-state index in [4.69, 9.17) is 0 Å². The quantitative estimate of drug-likeness (QED) is 0.869. The van der Waals surface area contributed by atoms with Crippen LogP contribution in [0.3, 0.4) is 0 Å². The van der Waals surface area contributed by atoms with Crippen molar-refractivity contribution in [1.82, 2.24) is 24.5 Å². The second-order valence-corrected chi connectivity index (χ2v) is 6.98. The molecule has 2 aromatic rings. The van der Waals surface area contributed by atoms with Crippen LogP contribution >= 0.6 is 0 Å². The molecule has 124 valence electrons. The van der Waals surface area contributed by atoms with E-state index in [0.29, 0.717) is 0 Å². The number of hydrogen-bond donors (Lipinski definition) is 0. The molecule has 0 unspecified atom stereocenters. The Morgan fingerprint density at radius 3 is 2.78 bits per heavy atom. The molecule has 4 rings (SSSR count). The summed E-state index contributed by atoms with van der Waals surface area (Å²) < 4.78 is 1.96. The molecule has 0 aliphatic carbocycles. The molecular weight excluding hydrogens is 288 g/mol. The number of rotatable bonds is 3. The molecule has 4 heterocycles. The van der Waals surface area contributed by atoms with Gasteiger partial charge in [-0.15, -0.1) is 10.2 Å². The maximum Gasteiger partial charge on any atom is 0.203 e. The third kappa shape index (κ3) is 3.32. The van der Waals surface area contributed by atoms with Crippen LogP contribution in [-0.2, 0) is 0 Å². The summed E-state index contributed by atoms with van der Waals surface area (Å²) in [7, 11) is 0. The number of piperidine rings is 1. The molecule has 2 aromatic heterocycles. The summed E-state index contributed by atoms with van der Waals surface area (Å²) >= 11 is 0. The fraction of sp³-hybridized carbons (Fsp3) is 0.706. The highest BCUT2D eigenvalue weighted by Crippen LogP contribution is 2.25. The third-order valence-corrected chi connectivity index (χ3v) is 5.23. The molecule has 0 amide bonds. The number of anilines is 1. The minimum atomic E-state index is 0.742. The van der Waals surface area contributed by atoms with Gasteiger partial charge in [0.2, 0.25) is 5.65 Å². The first-order chi connectivity index (χ1) is 11.4. The topological polar surface area (TPSA) is 49.6 Å². The van der Waals surface area contributed by atoms with Gasteiger partial charge in [-0.2, -0.15) is 0 Å². The van der Waals surface area contributed by atoms with Gasteiger partial charge in [-0.3, -0.25) is 4.40 Å². The normalized spacial score (nSPS) is 24.0. The molecule has 23 heavy (non-hydrogen) atoms. The fourth-order valence-corrected chi connectivity index (χ4v) is 4.06. The van der Waals surface area contributed by atoms with Crippen LogP contribution in [0.25, 0.3) is 5.65 Å². The van der Waals surface area contributed by atoms with Crippen LogP contribution in [0.2, 0.25) is 0 Å². The molecule has 0 N–H and O–H groups in total. The Morgan fingerprint density at radius 1 is 1.04 bits per heavy atom. The van der Waals surface area contributed by atoms with Crippen LogP contribution in [-0.4, -0.2) is 57.2 Å². The van der Waals surface area contributed by atoms with Crippen molar-refractivity contribution in [1.29, 1.82) is 0 Å². The van der Waals surface area contributed by atoms with E-state index >= 15 is 0 Å².